The Balaban J connectivity index is 1.91. The van der Waals surface area contributed by atoms with E-state index in [9.17, 15) is 4.79 Å². The highest BCUT2D eigenvalue weighted by molar-refractivity contribution is 8.26. The van der Waals surface area contributed by atoms with Crippen LogP contribution < -0.4 is 4.74 Å². The minimum absolute atomic E-state index is 0.0277. The molecule has 1 fully saturated rings. The fourth-order valence-electron chi connectivity index (χ4n) is 2.23. The van der Waals surface area contributed by atoms with Gasteiger partial charge < -0.3 is 4.74 Å². The highest BCUT2D eigenvalue weighted by Gasteiger charge is 2.28. The van der Waals surface area contributed by atoms with Gasteiger partial charge in [-0.1, -0.05) is 30.0 Å². The Hall–Kier alpha value is -1.33. The average Bonchev–Trinajstić information content (AvgIpc) is 2.84. The number of benzene rings is 1. The molecule has 98 valence electrons. The van der Waals surface area contributed by atoms with Crippen LogP contribution in [0.15, 0.2) is 23.1 Å². The molecule has 1 aromatic rings. The van der Waals surface area contributed by atoms with E-state index in [4.69, 9.17) is 17.0 Å². The van der Waals surface area contributed by atoms with Crippen molar-refractivity contribution in [1.29, 1.82) is 0 Å². The smallest absolute Gasteiger partial charge is 0.265 e. The van der Waals surface area contributed by atoms with E-state index in [1.165, 1.54) is 22.2 Å². The van der Waals surface area contributed by atoms with E-state index in [0.717, 1.165) is 17.7 Å². The van der Waals surface area contributed by atoms with Crippen LogP contribution >= 0.6 is 24.0 Å². The Kier molecular flexibility index (Phi) is 3.11. The molecule has 2 aliphatic rings. The van der Waals surface area contributed by atoms with Gasteiger partial charge in [-0.05, 0) is 36.3 Å². The second-order valence-corrected chi connectivity index (χ2v) is 6.42. The van der Waals surface area contributed by atoms with Gasteiger partial charge in [0.15, 0.2) is 0 Å². The molecule has 5 heteroatoms. The van der Waals surface area contributed by atoms with Crippen LogP contribution in [-0.2, 0) is 11.2 Å². The number of carbonyl (C=O) groups is 1. The van der Waals surface area contributed by atoms with Crippen molar-refractivity contribution in [2.75, 3.05) is 7.05 Å². The molecule has 2 heterocycles. The van der Waals surface area contributed by atoms with Gasteiger partial charge in [-0.25, -0.2) is 0 Å². The molecule has 19 heavy (non-hydrogen) atoms. The van der Waals surface area contributed by atoms with Crippen molar-refractivity contribution >= 4 is 40.3 Å². The number of rotatable bonds is 1. The van der Waals surface area contributed by atoms with Crippen LogP contribution in [0.5, 0.6) is 5.75 Å². The van der Waals surface area contributed by atoms with Crippen molar-refractivity contribution in [2.24, 2.45) is 0 Å². The van der Waals surface area contributed by atoms with E-state index >= 15 is 0 Å². The maximum Gasteiger partial charge on any atom is 0.265 e. The number of thioether (sulfide) groups is 1. The predicted molar refractivity (Wildman–Crippen MR) is 81.2 cm³/mol. The van der Waals surface area contributed by atoms with E-state index < -0.39 is 0 Å². The summed E-state index contributed by atoms with van der Waals surface area (Å²) in [6, 6.07) is 6.03. The first-order chi connectivity index (χ1) is 9.04. The zero-order valence-electron chi connectivity index (χ0n) is 10.7. The van der Waals surface area contributed by atoms with Crippen LogP contribution in [-0.4, -0.2) is 28.3 Å². The summed E-state index contributed by atoms with van der Waals surface area (Å²) in [5.74, 6) is 0.924. The first kappa shape index (κ1) is 12.7. The zero-order chi connectivity index (χ0) is 13.6. The molecule has 1 aromatic carbocycles. The number of thiocarbonyl (C=S) groups is 1. The summed E-state index contributed by atoms with van der Waals surface area (Å²) in [4.78, 5) is 14.1. The zero-order valence-corrected chi connectivity index (χ0v) is 12.3. The minimum atomic E-state index is -0.0277. The normalized spacial score (nSPS) is 24.0. The van der Waals surface area contributed by atoms with Crippen LogP contribution in [0.4, 0.5) is 0 Å². The van der Waals surface area contributed by atoms with Gasteiger partial charge in [-0.15, -0.1) is 0 Å². The number of ether oxygens (including phenoxy) is 1. The van der Waals surface area contributed by atoms with Crippen molar-refractivity contribution < 1.29 is 9.53 Å². The molecule has 0 radical (unpaired) electrons. The van der Waals surface area contributed by atoms with Crippen LogP contribution in [0, 0.1) is 0 Å². The van der Waals surface area contributed by atoms with Crippen LogP contribution in [0.1, 0.15) is 18.1 Å². The SMILES string of the molecule is C[C@H]1Cc2cc(/C=C3\SC(=S)N(C)C3=O)ccc2O1. The van der Waals surface area contributed by atoms with Crippen LogP contribution in [0.25, 0.3) is 6.08 Å². The highest BCUT2D eigenvalue weighted by atomic mass is 32.2. The second-order valence-electron chi connectivity index (χ2n) is 4.74. The molecule has 3 nitrogen and oxygen atoms in total. The quantitative estimate of drug-likeness (QED) is 0.588. The van der Waals surface area contributed by atoms with E-state index in [2.05, 4.69) is 13.0 Å². The van der Waals surface area contributed by atoms with E-state index in [1.807, 2.05) is 18.2 Å². The molecule has 3 rings (SSSR count). The number of hydrogen-bond donors (Lipinski definition) is 0. The van der Waals surface area contributed by atoms with Gasteiger partial charge in [0.05, 0.1) is 4.91 Å². The number of nitrogens with zero attached hydrogens (tertiary/aromatic N) is 1. The standard InChI is InChI=1S/C14H13NO2S2/c1-8-5-10-6-9(3-4-11(10)17-8)7-12-13(16)15(2)14(18)19-12/h3-4,6-8H,5H2,1-2H3/b12-7-/t8-/m0/s1. The fourth-order valence-corrected chi connectivity index (χ4v) is 3.41. The summed E-state index contributed by atoms with van der Waals surface area (Å²) < 4.78 is 6.27. The Bertz CT molecular complexity index is 609. The molecule has 0 bridgehead atoms. The molecule has 1 saturated heterocycles. The molecule has 1 amide bonds. The molecule has 0 N–H and O–H groups in total. The Morgan fingerprint density at radius 3 is 3.00 bits per heavy atom. The maximum atomic E-state index is 11.9. The first-order valence-corrected chi connectivity index (χ1v) is 7.28. The van der Waals surface area contributed by atoms with Gasteiger partial charge in [0, 0.05) is 13.5 Å². The van der Waals surface area contributed by atoms with Crippen molar-refractivity contribution in [3.8, 4) is 5.75 Å². The lowest BCUT2D eigenvalue weighted by Gasteiger charge is -2.04. The summed E-state index contributed by atoms with van der Waals surface area (Å²) in [7, 11) is 1.71. The third-order valence-electron chi connectivity index (χ3n) is 3.20. The van der Waals surface area contributed by atoms with Gasteiger partial charge in [0.2, 0.25) is 0 Å². The Labute approximate surface area is 121 Å². The lowest BCUT2D eigenvalue weighted by Crippen LogP contribution is -2.22. The van der Waals surface area contributed by atoms with Crippen LogP contribution in [0.2, 0.25) is 0 Å². The minimum Gasteiger partial charge on any atom is -0.490 e. The van der Waals surface area contributed by atoms with Gasteiger partial charge in [0.25, 0.3) is 5.91 Å². The van der Waals surface area contributed by atoms with Crippen molar-refractivity contribution in [1.82, 2.24) is 4.90 Å². The van der Waals surface area contributed by atoms with Crippen molar-refractivity contribution in [2.45, 2.75) is 19.4 Å². The number of likely N-dealkylation sites (N-methyl/N-ethyl adjacent to an activating group) is 1. The summed E-state index contributed by atoms with van der Waals surface area (Å²) >= 11 is 6.46. The number of carbonyl (C=O) groups excluding carboxylic acids is 1. The topological polar surface area (TPSA) is 29.5 Å². The molecular weight excluding hydrogens is 278 g/mol. The Morgan fingerprint density at radius 2 is 2.32 bits per heavy atom. The molecular formula is C14H13NO2S2. The molecule has 0 aliphatic carbocycles. The average molecular weight is 291 g/mol. The van der Waals surface area contributed by atoms with Crippen LogP contribution in [0.3, 0.4) is 0 Å². The predicted octanol–water partition coefficient (Wildman–Crippen LogP) is 2.84. The fraction of sp³-hybridized carbons (Fsp3) is 0.286. The van der Waals surface area contributed by atoms with E-state index in [-0.39, 0.29) is 12.0 Å². The molecule has 0 unspecified atom stereocenters. The molecule has 0 saturated carbocycles. The molecule has 1 atom stereocenters. The number of amides is 1. The van der Waals surface area contributed by atoms with Gasteiger partial charge in [0.1, 0.15) is 16.2 Å². The number of fused-ring (bicyclic) bond motifs is 1. The van der Waals surface area contributed by atoms with E-state index in [1.54, 1.807) is 7.05 Å². The third kappa shape index (κ3) is 2.28. The molecule has 0 aromatic heterocycles. The molecule has 0 spiro atoms. The monoisotopic (exact) mass is 291 g/mol. The van der Waals surface area contributed by atoms with Crippen molar-refractivity contribution in [3.63, 3.8) is 0 Å². The number of hydrogen-bond acceptors (Lipinski definition) is 4. The summed E-state index contributed by atoms with van der Waals surface area (Å²) in [5, 5.41) is 0. The van der Waals surface area contributed by atoms with E-state index in [0.29, 0.717) is 9.23 Å². The Morgan fingerprint density at radius 1 is 1.53 bits per heavy atom. The lowest BCUT2D eigenvalue weighted by molar-refractivity contribution is -0.121. The maximum absolute atomic E-state index is 11.9. The van der Waals surface area contributed by atoms with Gasteiger partial charge >= 0.3 is 0 Å². The second kappa shape index (κ2) is 4.65. The summed E-state index contributed by atoms with van der Waals surface area (Å²) in [5.41, 5.74) is 2.22. The lowest BCUT2D eigenvalue weighted by atomic mass is 10.1. The summed E-state index contributed by atoms with van der Waals surface area (Å²) in [6.07, 6.45) is 3.05. The third-order valence-corrected chi connectivity index (χ3v) is 4.69. The largest absolute Gasteiger partial charge is 0.490 e. The first-order valence-electron chi connectivity index (χ1n) is 6.06. The molecule has 2 aliphatic heterocycles. The van der Waals surface area contributed by atoms with Gasteiger partial charge in [-0.2, -0.15) is 0 Å². The summed E-state index contributed by atoms with van der Waals surface area (Å²) in [6.45, 7) is 2.06. The van der Waals surface area contributed by atoms with Gasteiger partial charge in [-0.3, -0.25) is 9.69 Å². The van der Waals surface area contributed by atoms with Crippen molar-refractivity contribution in [3.05, 3.63) is 34.2 Å². The highest BCUT2D eigenvalue weighted by Crippen LogP contribution is 2.34.